The van der Waals surface area contributed by atoms with E-state index >= 15 is 0 Å². The van der Waals surface area contributed by atoms with Crippen LogP contribution in [0.3, 0.4) is 0 Å². The van der Waals surface area contributed by atoms with Gasteiger partial charge in [0.05, 0.1) is 16.6 Å². The summed E-state index contributed by atoms with van der Waals surface area (Å²) in [6.45, 7) is 4.06. The number of hydrogen-bond acceptors (Lipinski definition) is 7. The van der Waals surface area contributed by atoms with Crippen LogP contribution in [-0.4, -0.2) is 26.0 Å². The summed E-state index contributed by atoms with van der Waals surface area (Å²) in [6.07, 6.45) is -3.20. The van der Waals surface area contributed by atoms with Crippen molar-refractivity contribution < 1.29 is 27.8 Å². The number of benzene rings is 3. The molecule has 0 spiro atoms. The minimum Gasteiger partial charge on any atom is -0.508 e. The molecule has 5 rings (SSSR count). The van der Waals surface area contributed by atoms with Gasteiger partial charge in [-0.2, -0.15) is 13.2 Å². The number of amides is 1. The molecule has 0 atom stereocenters. The van der Waals surface area contributed by atoms with Gasteiger partial charge in [-0.05, 0) is 78.7 Å². The maximum atomic E-state index is 13.2. The molecule has 8 nitrogen and oxygen atoms in total. The number of aromatic nitrogens is 3. The lowest BCUT2D eigenvalue weighted by molar-refractivity contribution is -0.137. The first-order chi connectivity index (χ1) is 19.6. The Morgan fingerprint density at radius 1 is 0.951 bits per heavy atom. The van der Waals surface area contributed by atoms with Crippen molar-refractivity contribution in [2.45, 2.75) is 25.9 Å². The van der Waals surface area contributed by atoms with Crippen LogP contribution in [0.1, 0.15) is 41.4 Å². The zero-order valence-electron chi connectivity index (χ0n) is 21.9. The number of phenols is 1. The van der Waals surface area contributed by atoms with Crippen molar-refractivity contribution in [2.75, 3.05) is 10.6 Å². The van der Waals surface area contributed by atoms with E-state index in [4.69, 9.17) is 4.74 Å². The van der Waals surface area contributed by atoms with Crippen molar-refractivity contribution >= 4 is 34.1 Å². The number of aromatic hydroxyl groups is 1. The molecule has 0 aliphatic carbocycles. The van der Waals surface area contributed by atoms with Gasteiger partial charge in [-0.15, -0.1) is 0 Å². The largest absolute Gasteiger partial charge is 0.508 e. The minimum absolute atomic E-state index is 0.0732. The zero-order valence-corrected chi connectivity index (χ0v) is 21.9. The first-order valence-corrected chi connectivity index (χ1v) is 12.5. The van der Waals surface area contributed by atoms with E-state index in [-0.39, 0.29) is 17.2 Å². The Bertz CT molecular complexity index is 1720. The lowest BCUT2D eigenvalue weighted by atomic mass is 10.1. The van der Waals surface area contributed by atoms with Crippen LogP contribution in [0, 0.1) is 0 Å². The van der Waals surface area contributed by atoms with Crippen molar-refractivity contribution in [1.29, 1.82) is 0 Å². The van der Waals surface area contributed by atoms with E-state index in [1.807, 2.05) is 26.0 Å². The Balaban J connectivity index is 1.50. The molecule has 2 heterocycles. The lowest BCUT2D eigenvalue weighted by Crippen LogP contribution is -2.14. The van der Waals surface area contributed by atoms with Gasteiger partial charge < -0.3 is 20.5 Å². The monoisotopic (exact) mass is 559 g/mol. The molecule has 0 saturated carbocycles. The maximum absolute atomic E-state index is 13.2. The minimum atomic E-state index is -4.58. The number of alkyl halides is 3. The summed E-state index contributed by atoms with van der Waals surface area (Å²) in [5.74, 6) is 0.771. The van der Waals surface area contributed by atoms with E-state index in [0.29, 0.717) is 39.7 Å². The molecule has 3 aromatic carbocycles. The second-order valence-corrected chi connectivity index (χ2v) is 9.45. The van der Waals surface area contributed by atoms with Gasteiger partial charge in [0, 0.05) is 16.9 Å². The van der Waals surface area contributed by atoms with Crippen LogP contribution in [-0.2, 0) is 6.18 Å². The number of fused-ring (bicyclic) bond motifs is 1. The van der Waals surface area contributed by atoms with Gasteiger partial charge in [0.1, 0.15) is 23.6 Å². The molecule has 0 bridgehead atoms. The number of rotatable bonds is 7. The molecular formula is C30H24F3N5O3. The number of carbonyl (C=O) groups excluding carboxylic acids is 1. The molecule has 41 heavy (non-hydrogen) atoms. The molecule has 0 radical (unpaired) electrons. The fourth-order valence-corrected chi connectivity index (χ4v) is 3.98. The third-order valence-electron chi connectivity index (χ3n) is 6.12. The Morgan fingerprint density at radius 2 is 1.73 bits per heavy atom. The van der Waals surface area contributed by atoms with E-state index in [2.05, 4.69) is 25.6 Å². The molecular weight excluding hydrogens is 535 g/mol. The second kappa shape index (κ2) is 11.1. The van der Waals surface area contributed by atoms with Crippen molar-refractivity contribution in [3.63, 3.8) is 0 Å². The normalized spacial score (nSPS) is 11.5. The predicted molar refractivity (Wildman–Crippen MR) is 149 cm³/mol. The summed E-state index contributed by atoms with van der Waals surface area (Å²) in [4.78, 5) is 26.1. The Kier molecular flexibility index (Phi) is 7.43. The molecule has 0 aliphatic rings. The highest BCUT2D eigenvalue weighted by Gasteiger charge is 2.31. The van der Waals surface area contributed by atoms with Crippen LogP contribution in [0.15, 0.2) is 85.2 Å². The molecule has 0 unspecified atom stereocenters. The van der Waals surface area contributed by atoms with Crippen LogP contribution >= 0.6 is 0 Å². The quantitative estimate of drug-likeness (QED) is 0.188. The Hall–Kier alpha value is -5.19. The first kappa shape index (κ1) is 27.4. The molecule has 0 saturated heterocycles. The molecule has 0 fully saturated rings. The van der Waals surface area contributed by atoms with Gasteiger partial charge >= 0.3 is 6.18 Å². The highest BCUT2D eigenvalue weighted by atomic mass is 19.4. The number of nitrogens with zero attached hydrogens (tertiary/aromatic N) is 3. The topological polar surface area (TPSA) is 109 Å². The average Bonchev–Trinajstić information content (AvgIpc) is 2.95. The van der Waals surface area contributed by atoms with E-state index < -0.39 is 17.6 Å². The number of carbonyl (C=O) groups is 1. The molecule has 5 aromatic rings. The Morgan fingerprint density at radius 3 is 2.46 bits per heavy atom. The third kappa shape index (κ3) is 6.35. The summed E-state index contributed by atoms with van der Waals surface area (Å²) in [6, 6.07) is 18.8. The summed E-state index contributed by atoms with van der Waals surface area (Å²) < 4.78 is 45.5. The van der Waals surface area contributed by atoms with Gasteiger partial charge in [-0.25, -0.2) is 15.0 Å². The van der Waals surface area contributed by atoms with E-state index in [0.717, 1.165) is 17.8 Å². The van der Waals surface area contributed by atoms with Gasteiger partial charge in [0.25, 0.3) is 5.91 Å². The van der Waals surface area contributed by atoms with Crippen molar-refractivity contribution in [3.8, 4) is 17.2 Å². The fraction of sp³-hybridized carbons (Fsp3) is 0.133. The van der Waals surface area contributed by atoms with Gasteiger partial charge in [-0.3, -0.25) is 4.79 Å². The first-order valence-electron chi connectivity index (χ1n) is 12.5. The molecule has 0 aliphatic heterocycles. The number of phenolic OH excluding ortho intramolecular Hbond substituents is 1. The van der Waals surface area contributed by atoms with Crippen LogP contribution in [0.25, 0.3) is 11.0 Å². The highest BCUT2D eigenvalue weighted by molar-refractivity contribution is 6.04. The third-order valence-corrected chi connectivity index (χ3v) is 6.12. The SMILES string of the molecule is CC(C)c1ccc2c(Nc3cc(NC(=O)c4cccc(C(F)(F)F)c4)ccc3Oc3ccc(O)cc3)ncnc2n1. The van der Waals surface area contributed by atoms with Gasteiger partial charge in [0.15, 0.2) is 11.4 Å². The lowest BCUT2D eigenvalue weighted by Gasteiger charge is -2.16. The zero-order chi connectivity index (χ0) is 29.1. The highest BCUT2D eigenvalue weighted by Crippen LogP contribution is 2.36. The number of halogens is 3. The number of anilines is 3. The average molecular weight is 560 g/mol. The number of hydrogen-bond donors (Lipinski definition) is 3. The van der Waals surface area contributed by atoms with Gasteiger partial charge in [0.2, 0.25) is 0 Å². The molecule has 2 aromatic heterocycles. The van der Waals surface area contributed by atoms with Crippen LogP contribution in [0.2, 0.25) is 0 Å². The van der Waals surface area contributed by atoms with Crippen molar-refractivity contribution in [3.05, 3.63) is 102 Å². The second-order valence-electron chi connectivity index (χ2n) is 9.45. The molecule has 3 N–H and O–H groups in total. The predicted octanol–water partition coefficient (Wildman–Crippen LogP) is 7.66. The maximum Gasteiger partial charge on any atom is 0.416 e. The van der Waals surface area contributed by atoms with Gasteiger partial charge in [-0.1, -0.05) is 19.9 Å². The molecule has 11 heteroatoms. The fourth-order valence-electron chi connectivity index (χ4n) is 3.98. The molecule has 208 valence electrons. The summed E-state index contributed by atoms with van der Waals surface area (Å²) >= 11 is 0. The van der Waals surface area contributed by atoms with Crippen molar-refractivity contribution in [1.82, 2.24) is 15.0 Å². The van der Waals surface area contributed by atoms with E-state index in [1.165, 1.54) is 30.6 Å². The Labute approximate surface area is 232 Å². The standard InChI is InChI=1S/C30H24F3N5O3/c1-17(2)24-12-11-23-27(37-24)34-16-35-28(23)38-25-15-20(6-13-26(25)41-22-9-7-21(39)8-10-22)36-29(40)18-4-3-5-19(14-18)30(31,32)33/h3-17,39H,1-2H3,(H,36,40)(H,34,35,37,38). The van der Waals surface area contributed by atoms with Crippen LogP contribution < -0.4 is 15.4 Å². The number of nitrogens with one attached hydrogen (secondary N) is 2. The number of pyridine rings is 1. The van der Waals surface area contributed by atoms with E-state index in [9.17, 15) is 23.1 Å². The molecule has 1 amide bonds. The van der Waals surface area contributed by atoms with Crippen LogP contribution in [0.4, 0.5) is 30.4 Å². The smallest absolute Gasteiger partial charge is 0.416 e. The van der Waals surface area contributed by atoms with Crippen LogP contribution in [0.5, 0.6) is 17.2 Å². The summed E-state index contributed by atoms with van der Waals surface area (Å²) in [7, 11) is 0. The summed E-state index contributed by atoms with van der Waals surface area (Å²) in [5, 5.41) is 16.1. The van der Waals surface area contributed by atoms with Crippen molar-refractivity contribution in [2.24, 2.45) is 0 Å². The van der Waals surface area contributed by atoms with E-state index in [1.54, 1.807) is 30.3 Å². The summed E-state index contributed by atoms with van der Waals surface area (Å²) in [5.41, 5.74) is 0.989. The number of ether oxygens (including phenoxy) is 1.